The minimum Gasteiger partial charge on any atom is -0.492 e. The summed E-state index contributed by atoms with van der Waals surface area (Å²) in [4.78, 5) is 12.6. The summed E-state index contributed by atoms with van der Waals surface area (Å²) >= 11 is 0. The summed E-state index contributed by atoms with van der Waals surface area (Å²) < 4.78 is 33.3. The van der Waals surface area contributed by atoms with E-state index in [1.807, 2.05) is 25.1 Å². The Morgan fingerprint density at radius 3 is 2.38 bits per heavy atom. The second kappa shape index (κ2) is 10.4. The second-order valence-electron chi connectivity index (χ2n) is 7.27. The molecule has 1 atom stereocenters. The van der Waals surface area contributed by atoms with Gasteiger partial charge in [0, 0.05) is 17.6 Å². The molecule has 0 fully saturated rings. The van der Waals surface area contributed by atoms with Crippen LogP contribution in [0, 0.1) is 0 Å². The Labute approximate surface area is 173 Å². The Morgan fingerprint density at radius 2 is 1.76 bits per heavy atom. The largest absolute Gasteiger partial charge is 0.492 e. The van der Waals surface area contributed by atoms with E-state index >= 15 is 0 Å². The van der Waals surface area contributed by atoms with Gasteiger partial charge in [0.2, 0.25) is 10.0 Å². The third-order valence-corrected chi connectivity index (χ3v) is 5.95. The van der Waals surface area contributed by atoms with Gasteiger partial charge >= 0.3 is 0 Å². The van der Waals surface area contributed by atoms with Crippen molar-refractivity contribution in [3.63, 3.8) is 0 Å². The van der Waals surface area contributed by atoms with Crippen LogP contribution >= 0.6 is 0 Å². The lowest BCUT2D eigenvalue weighted by Gasteiger charge is -2.17. The van der Waals surface area contributed by atoms with Gasteiger partial charge in [0.05, 0.1) is 6.61 Å². The molecule has 158 valence electrons. The molecule has 2 rings (SSSR count). The van der Waals surface area contributed by atoms with Crippen LogP contribution in [-0.4, -0.2) is 33.0 Å². The first-order valence-corrected chi connectivity index (χ1v) is 11.3. The molecule has 0 unspecified atom stereocenters. The Kier molecular flexibility index (Phi) is 8.22. The monoisotopic (exact) mass is 418 g/mol. The van der Waals surface area contributed by atoms with E-state index in [0.29, 0.717) is 6.61 Å². The van der Waals surface area contributed by atoms with Crippen LogP contribution in [0.25, 0.3) is 0 Å². The van der Waals surface area contributed by atoms with Gasteiger partial charge in [-0.15, -0.1) is 0 Å². The maximum absolute atomic E-state index is 12.7. The molecule has 0 spiro atoms. The number of benzene rings is 2. The standard InChI is InChI=1S/C22H30N2O4S/c1-5-28-20-14-13-19(15-21(20)29(26,27)24-16(2)3)22(25)23-17(4)11-12-18-9-7-6-8-10-18/h6-10,13-17,24H,5,11-12H2,1-4H3,(H,23,25)/t17-/m1/s1. The lowest BCUT2D eigenvalue weighted by atomic mass is 10.1. The van der Waals surface area contributed by atoms with Crippen molar-refractivity contribution < 1.29 is 17.9 Å². The van der Waals surface area contributed by atoms with Gasteiger partial charge in [-0.3, -0.25) is 4.79 Å². The van der Waals surface area contributed by atoms with E-state index in [2.05, 4.69) is 22.2 Å². The molecular weight excluding hydrogens is 388 g/mol. The SMILES string of the molecule is CCOc1ccc(C(=O)N[C@H](C)CCc2ccccc2)cc1S(=O)(=O)NC(C)C. The molecule has 0 aliphatic heterocycles. The molecule has 1 amide bonds. The highest BCUT2D eigenvalue weighted by Gasteiger charge is 2.23. The van der Waals surface area contributed by atoms with Gasteiger partial charge in [-0.05, 0) is 64.3 Å². The van der Waals surface area contributed by atoms with Crippen molar-refractivity contribution in [2.24, 2.45) is 0 Å². The zero-order valence-electron chi connectivity index (χ0n) is 17.4. The van der Waals surface area contributed by atoms with E-state index in [1.54, 1.807) is 26.8 Å². The van der Waals surface area contributed by atoms with Crippen molar-refractivity contribution in [1.29, 1.82) is 0 Å². The van der Waals surface area contributed by atoms with E-state index in [-0.39, 0.29) is 34.2 Å². The maximum atomic E-state index is 12.7. The lowest BCUT2D eigenvalue weighted by molar-refractivity contribution is 0.0938. The zero-order chi connectivity index (χ0) is 21.4. The smallest absolute Gasteiger partial charge is 0.251 e. The summed E-state index contributed by atoms with van der Waals surface area (Å²) in [5.74, 6) is -0.0797. The summed E-state index contributed by atoms with van der Waals surface area (Å²) in [7, 11) is -3.80. The highest BCUT2D eigenvalue weighted by Crippen LogP contribution is 2.25. The van der Waals surface area contributed by atoms with Crippen LogP contribution in [0.1, 0.15) is 50.0 Å². The third kappa shape index (κ3) is 6.87. The predicted octanol–water partition coefficient (Wildman–Crippen LogP) is 3.52. The zero-order valence-corrected chi connectivity index (χ0v) is 18.3. The van der Waals surface area contributed by atoms with Crippen LogP contribution in [0.2, 0.25) is 0 Å². The van der Waals surface area contributed by atoms with Crippen LogP contribution in [-0.2, 0) is 16.4 Å². The van der Waals surface area contributed by atoms with Gasteiger partial charge in [0.1, 0.15) is 10.6 Å². The molecule has 0 bridgehead atoms. The molecule has 2 aromatic carbocycles. The van der Waals surface area contributed by atoms with Crippen LogP contribution < -0.4 is 14.8 Å². The summed E-state index contributed by atoms with van der Waals surface area (Å²) in [6.45, 7) is 7.52. The molecule has 2 N–H and O–H groups in total. The minimum atomic E-state index is -3.80. The molecule has 6 nitrogen and oxygen atoms in total. The van der Waals surface area contributed by atoms with Gasteiger partial charge in [-0.2, -0.15) is 0 Å². The summed E-state index contributed by atoms with van der Waals surface area (Å²) in [5, 5.41) is 2.94. The molecule has 0 saturated heterocycles. The summed E-state index contributed by atoms with van der Waals surface area (Å²) in [5.41, 5.74) is 1.49. The van der Waals surface area contributed by atoms with Gasteiger partial charge in [-0.1, -0.05) is 30.3 Å². The molecule has 29 heavy (non-hydrogen) atoms. The molecule has 0 heterocycles. The second-order valence-corrected chi connectivity index (χ2v) is 8.95. The Morgan fingerprint density at radius 1 is 1.07 bits per heavy atom. The third-order valence-electron chi connectivity index (χ3n) is 4.27. The first kappa shape index (κ1) is 22.9. The van der Waals surface area contributed by atoms with Crippen LogP contribution in [0.15, 0.2) is 53.4 Å². The van der Waals surface area contributed by atoms with Crippen molar-refractivity contribution in [2.75, 3.05) is 6.61 Å². The van der Waals surface area contributed by atoms with Crippen LogP contribution in [0.5, 0.6) is 5.75 Å². The van der Waals surface area contributed by atoms with Crippen molar-refractivity contribution in [1.82, 2.24) is 10.0 Å². The Bertz CT molecular complexity index is 912. The van der Waals surface area contributed by atoms with Gasteiger partial charge in [-0.25, -0.2) is 13.1 Å². The Balaban J connectivity index is 2.14. The molecule has 7 heteroatoms. The van der Waals surface area contributed by atoms with Gasteiger partial charge in [0.15, 0.2) is 0 Å². The topological polar surface area (TPSA) is 84.5 Å². The van der Waals surface area contributed by atoms with Crippen molar-refractivity contribution in [3.8, 4) is 5.75 Å². The van der Waals surface area contributed by atoms with E-state index in [0.717, 1.165) is 12.8 Å². The fourth-order valence-corrected chi connectivity index (χ4v) is 4.34. The fraction of sp³-hybridized carbons (Fsp3) is 0.409. The first-order valence-electron chi connectivity index (χ1n) is 9.87. The molecular formula is C22H30N2O4S. The number of aryl methyl sites for hydroxylation is 1. The molecule has 0 aliphatic carbocycles. The molecule has 0 saturated carbocycles. The average molecular weight is 419 g/mol. The Hall–Kier alpha value is -2.38. The maximum Gasteiger partial charge on any atom is 0.251 e. The number of sulfonamides is 1. The quantitative estimate of drug-likeness (QED) is 0.618. The predicted molar refractivity (Wildman–Crippen MR) is 115 cm³/mol. The average Bonchev–Trinajstić information content (AvgIpc) is 2.66. The number of amides is 1. The number of nitrogens with one attached hydrogen (secondary N) is 2. The number of carbonyl (C=O) groups excluding carboxylic acids is 1. The van der Waals surface area contributed by atoms with Crippen molar-refractivity contribution >= 4 is 15.9 Å². The number of hydrogen-bond donors (Lipinski definition) is 2. The molecule has 0 aliphatic rings. The molecule has 0 radical (unpaired) electrons. The minimum absolute atomic E-state index is 0.0300. The van der Waals surface area contributed by atoms with Crippen LogP contribution in [0.3, 0.4) is 0 Å². The highest BCUT2D eigenvalue weighted by molar-refractivity contribution is 7.89. The van der Waals surface area contributed by atoms with Crippen molar-refractivity contribution in [3.05, 3.63) is 59.7 Å². The van der Waals surface area contributed by atoms with Gasteiger partial charge < -0.3 is 10.1 Å². The van der Waals surface area contributed by atoms with E-state index in [1.165, 1.54) is 17.7 Å². The van der Waals surface area contributed by atoms with Crippen LogP contribution in [0.4, 0.5) is 0 Å². The van der Waals surface area contributed by atoms with Crippen molar-refractivity contribution in [2.45, 2.75) is 57.5 Å². The molecule has 2 aromatic rings. The number of rotatable bonds is 10. The highest BCUT2D eigenvalue weighted by atomic mass is 32.2. The lowest BCUT2D eigenvalue weighted by Crippen LogP contribution is -2.33. The number of ether oxygens (including phenoxy) is 1. The van der Waals surface area contributed by atoms with E-state index in [9.17, 15) is 13.2 Å². The summed E-state index contributed by atoms with van der Waals surface area (Å²) in [6, 6.07) is 14.2. The normalized spacial score (nSPS) is 12.6. The fourth-order valence-electron chi connectivity index (χ4n) is 2.91. The van der Waals surface area contributed by atoms with Gasteiger partial charge in [0.25, 0.3) is 5.91 Å². The van der Waals surface area contributed by atoms with E-state index in [4.69, 9.17) is 4.74 Å². The first-order chi connectivity index (χ1) is 13.7. The number of carbonyl (C=O) groups is 1. The summed E-state index contributed by atoms with van der Waals surface area (Å²) in [6.07, 6.45) is 1.64. The molecule has 0 aromatic heterocycles. The number of hydrogen-bond acceptors (Lipinski definition) is 4. The van der Waals surface area contributed by atoms with E-state index < -0.39 is 10.0 Å².